The van der Waals surface area contributed by atoms with Gasteiger partial charge >= 0.3 is 0 Å². The number of nitrogens with zero attached hydrogens (tertiary/aromatic N) is 1. The quantitative estimate of drug-likeness (QED) is 0.177. The zero-order valence-electron chi connectivity index (χ0n) is 26.7. The fourth-order valence-corrected chi connectivity index (χ4v) is 6.73. The van der Waals surface area contributed by atoms with Crippen molar-refractivity contribution >= 4 is 29.2 Å². The molecule has 0 spiro atoms. The SMILES string of the molecule is Cc1ccc(/C=C/c2ccc(N(c3ccc(C)cc3)c3ccc4c(c3)-c3ccccc3-c3ccccc3-c3ccccc3-4)cc2)cc1. The lowest BCUT2D eigenvalue weighted by atomic mass is 9.81. The Kier molecular flexibility index (Phi) is 7.36. The van der Waals surface area contributed by atoms with Crippen LogP contribution in [0.15, 0.2) is 164 Å². The van der Waals surface area contributed by atoms with Crippen LogP contribution in [-0.4, -0.2) is 0 Å². The third-order valence-corrected chi connectivity index (χ3v) is 9.19. The van der Waals surface area contributed by atoms with E-state index in [1.54, 1.807) is 0 Å². The summed E-state index contributed by atoms with van der Waals surface area (Å²) in [5.74, 6) is 0. The molecule has 1 aliphatic rings. The van der Waals surface area contributed by atoms with Gasteiger partial charge in [0, 0.05) is 17.1 Å². The molecule has 0 N–H and O–H groups in total. The smallest absolute Gasteiger partial charge is 0.0468 e. The van der Waals surface area contributed by atoms with Crippen molar-refractivity contribution in [3.05, 3.63) is 186 Å². The van der Waals surface area contributed by atoms with Crippen LogP contribution in [0.4, 0.5) is 17.1 Å². The zero-order chi connectivity index (χ0) is 31.7. The molecule has 1 aliphatic carbocycles. The minimum atomic E-state index is 1.12. The minimum Gasteiger partial charge on any atom is -0.310 e. The number of anilines is 3. The second kappa shape index (κ2) is 12.1. The fourth-order valence-electron chi connectivity index (χ4n) is 6.73. The van der Waals surface area contributed by atoms with Crippen molar-refractivity contribution in [3.63, 3.8) is 0 Å². The standard InChI is InChI=1S/C46H35N/c1-32-15-19-34(20-16-32)21-22-35-23-27-37(28-24-35)47(36-25-17-33(2)18-26-36)38-29-30-45-43-13-6-5-11-41(43)39-9-3-4-10-40(39)42-12-7-8-14-44(42)46(45)31-38/h3-31H,1-2H3/b22-21+,41-39?,42-40?,45-43?,46-44?. The second-order valence-corrected chi connectivity index (χ2v) is 12.4. The summed E-state index contributed by atoms with van der Waals surface area (Å²) in [6.07, 6.45) is 4.36. The molecule has 0 amide bonds. The van der Waals surface area contributed by atoms with Gasteiger partial charge in [-0.05, 0) is 106 Å². The van der Waals surface area contributed by atoms with E-state index in [0.29, 0.717) is 0 Å². The Bertz CT molecular complexity index is 2230. The molecule has 0 aliphatic heterocycles. The Morgan fingerprint density at radius 3 is 1.09 bits per heavy atom. The predicted molar refractivity (Wildman–Crippen MR) is 201 cm³/mol. The molecule has 0 bridgehead atoms. The van der Waals surface area contributed by atoms with E-state index in [0.717, 1.165) is 17.1 Å². The van der Waals surface area contributed by atoms with Gasteiger partial charge in [0.25, 0.3) is 0 Å². The molecule has 0 unspecified atom stereocenters. The van der Waals surface area contributed by atoms with Gasteiger partial charge in [0.1, 0.15) is 0 Å². The van der Waals surface area contributed by atoms with Crippen LogP contribution in [-0.2, 0) is 0 Å². The summed E-state index contributed by atoms with van der Waals surface area (Å²) < 4.78 is 0. The first-order chi connectivity index (χ1) is 23.1. The molecule has 1 nitrogen and oxygen atoms in total. The number of hydrogen-bond acceptors (Lipinski definition) is 1. The van der Waals surface area contributed by atoms with Crippen LogP contribution in [0.5, 0.6) is 0 Å². The third kappa shape index (κ3) is 5.47. The topological polar surface area (TPSA) is 3.24 Å². The molecule has 0 heterocycles. The maximum atomic E-state index is 2.38. The lowest BCUT2D eigenvalue weighted by Crippen LogP contribution is -2.10. The Morgan fingerprint density at radius 2 is 0.638 bits per heavy atom. The predicted octanol–water partition coefficient (Wildman–Crippen LogP) is 12.9. The molecule has 0 fully saturated rings. The maximum Gasteiger partial charge on any atom is 0.0468 e. The highest BCUT2D eigenvalue weighted by atomic mass is 15.1. The number of fused-ring (bicyclic) bond motifs is 8. The zero-order valence-corrected chi connectivity index (χ0v) is 26.7. The van der Waals surface area contributed by atoms with E-state index in [1.807, 2.05) is 0 Å². The molecule has 7 aromatic rings. The highest BCUT2D eigenvalue weighted by molar-refractivity contribution is 6.04. The third-order valence-electron chi connectivity index (χ3n) is 9.19. The van der Waals surface area contributed by atoms with Gasteiger partial charge in [0.2, 0.25) is 0 Å². The summed E-state index contributed by atoms with van der Waals surface area (Å²) in [6.45, 7) is 4.26. The lowest BCUT2D eigenvalue weighted by molar-refractivity contribution is 1.27. The van der Waals surface area contributed by atoms with E-state index in [9.17, 15) is 0 Å². The van der Waals surface area contributed by atoms with E-state index in [2.05, 4.69) is 195 Å². The van der Waals surface area contributed by atoms with Crippen LogP contribution in [0, 0.1) is 13.8 Å². The Hall–Kier alpha value is -5.92. The van der Waals surface area contributed by atoms with Crippen molar-refractivity contribution in [2.45, 2.75) is 13.8 Å². The van der Waals surface area contributed by atoms with Gasteiger partial charge < -0.3 is 4.90 Å². The van der Waals surface area contributed by atoms with E-state index in [1.165, 1.54) is 66.8 Å². The minimum absolute atomic E-state index is 1.12. The molecule has 224 valence electrons. The van der Waals surface area contributed by atoms with E-state index in [-0.39, 0.29) is 0 Å². The molecular formula is C46H35N. The number of rotatable bonds is 5. The molecule has 0 atom stereocenters. The number of hydrogen-bond donors (Lipinski definition) is 0. The summed E-state index contributed by atoms with van der Waals surface area (Å²) in [5.41, 5.74) is 18.3. The first-order valence-electron chi connectivity index (χ1n) is 16.3. The van der Waals surface area contributed by atoms with Crippen LogP contribution in [0.3, 0.4) is 0 Å². The van der Waals surface area contributed by atoms with Crippen molar-refractivity contribution in [2.24, 2.45) is 0 Å². The monoisotopic (exact) mass is 601 g/mol. The summed E-state index contributed by atoms with van der Waals surface area (Å²) >= 11 is 0. The lowest BCUT2D eigenvalue weighted by Gasteiger charge is -2.28. The summed E-state index contributed by atoms with van der Waals surface area (Å²) in [4.78, 5) is 2.37. The first kappa shape index (κ1) is 28.5. The molecule has 0 saturated heterocycles. The molecule has 0 aromatic heterocycles. The van der Waals surface area contributed by atoms with Crippen LogP contribution < -0.4 is 4.90 Å². The second-order valence-electron chi connectivity index (χ2n) is 12.4. The van der Waals surface area contributed by atoms with Gasteiger partial charge in [-0.25, -0.2) is 0 Å². The van der Waals surface area contributed by atoms with Crippen LogP contribution in [0.2, 0.25) is 0 Å². The van der Waals surface area contributed by atoms with Crippen molar-refractivity contribution in [1.82, 2.24) is 0 Å². The summed E-state index contributed by atoms with van der Waals surface area (Å²) in [5, 5.41) is 0. The molecule has 47 heavy (non-hydrogen) atoms. The Balaban J connectivity index is 1.28. The van der Waals surface area contributed by atoms with Crippen molar-refractivity contribution in [1.29, 1.82) is 0 Å². The molecule has 0 saturated carbocycles. The fraction of sp³-hybridized carbons (Fsp3) is 0.0435. The molecule has 7 aromatic carbocycles. The van der Waals surface area contributed by atoms with Gasteiger partial charge in [-0.3, -0.25) is 0 Å². The number of aryl methyl sites for hydroxylation is 2. The van der Waals surface area contributed by atoms with Gasteiger partial charge in [-0.15, -0.1) is 0 Å². The maximum absolute atomic E-state index is 2.38. The Labute approximate surface area is 277 Å². The van der Waals surface area contributed by atoms with Crippen LogP contribution in [0.25, 0.3) is 56.7 Å². The summed E-state index contributed by atoms with van der Waals surface area (Å²) in [7, 11) is 0. The van der Waals surface area contributed by atoms with Crippen LogP contribution in [0.1, 0.15) is 22.3 Å². The molecule has 8 rings (SSSR count). The highest BCUT2D eigenvalue weighted by Crippen LogP contribution is 2.49. The van der Waals surface area contributed by atoms with Gasteiger partial charge in [0.15, 0.2) is 0 Å². The highest BCUT2D eigenvalue weighted by Gasteiger charge is 2.23. The normalized spacial score (nSPS) is 11.5. The molecular weight excluding hydrogens is 567 g/mol. The average Bonchev–Trinajstić information content (AvgIpc) is 3.12. The van der Waals surface area contributed by atoms with E-state index in [4.69, 9.17) is 0 Å². The van der Waals surface area contributed by atoms with Gasteiger partial charge in [-0.1, -0.05) is 151 Å². The molecule has 0 radical (unpaired) electrons. The molecule has 1 heteroatoms. The first-order valence-corrected chi connectivity index (χ1v) is 16.3. The van der Waals surface area contributed by atoms with Crippen molar-refractivity contribution in [2.75, 3.05) is 4.90 Å². The van der Waals surface area contributed by atoms with Crippen molar-refractivity contribution in [3.8, 4) is 44.5 Å². The van der Waals surface area contributed by atoms with Gasteiger partial charge in [-0.2, -0.15) is 0 Å². The largest absolute Gasteiger partial charge is 0.310 e. The number of benzene rings is 7. The summed E-state index contributed by atoms with van der Waals surface area (Å²) in [6, 6.07) is 59.8. The van der Waals surface area contributed by atoms with Gasteiger partial charge in [0.05, 0.1) is 0 Å². The van der Waals surface area contributed by atoms with E-state index >= 15 is 0 Å². The van der Waals surface area contributed by atoms with Crippen LogP contribution >= 0.6 is 0 Å². The Morgan fingerprint density at radius 1 is 0.319 bits per heavy atom. The average molecular weight is 602 g/mol. The van der Waals surface area contributed by atoms with Crippen molar-refractivity contribution < 1.29 is 0 Å². The van der Waals surface area contributed by atoms with E-state index < -0.39 is 0 Å².